The Hall–Kier alpha value is -3.60. The average Bonchev–Trinajstić information content (AvgIpc) is 3.17. The fourth-order valence-corrected chi connectivity index (χ4v) is 4.22. The molecule has 2 aromatic carbocycles. The third-order valence-electron chi connectivity index (χ3n) is 5.70. The van der Waals surface area contributed by atoms with E-state index in [2.05, 4.69) is 4.98 Å². The van der Waals surface area contributed by atoms with Gasteiger partial charge >= 0.3 is 18.2 Å². The molecule has 1 aliphatic rings. The molecule has 0 bridgehead atoms. The molecule has 1 saturated heterocycles. The van der Waals surface area contributed by atoms with Crippen molar-refractivity contribution in [1.29, 1.82) is 0 Å². The van der Waals surface area contributed by atoms with Crippen LogP contribution in [0.2, 0.25) is 5.02 Å². The van der Waals surface area contributed by atoms with Crippen LogP contribution in [-0.4, -0.2) is 45.5 Å². The molecule has 3 aromatic rings. The van der Waals surface area contributed by atoms with E-state index in [0.717, 1.165) is 22.5 Å². The molecule has 1 aromatic heterocycles. The topological polar surface area (TPSA) is 84.7 Å². The Morgan fingerprint density at radius 3 is 2.66 bits per heavy atom. The number of alkyl halides is 3. The largest absolute Gasteiger partial charge is 0.465 e. The summed E-state index contributed by atoms with van der Waals surface area (Å²) in [5, 5.41) is -0.625. The van der Waals surface area contributed by atoms with Gasteiger partial charge < -0.3 is 9.30 Å². The van der Waals surface area contributed by atoms with E-state index >= 15 is 0 Å². The van der Waals surface area contributed by atoms with Gasteiger partial charge in [0.1, 0.15) is 0 Å². The first-order valence-corrected chi connectivity index (χ1v) is 11.0. The number of anilines is 1. The molecule has 0 aliphatic carbocycles. The van der Waals surface area contributed by atoms with E-state index in [4.69, 9.17) is 16.3 Å². The van der Waals surface area contributed by atoms with E-state index in [1.807, 2.05) is 0 Å². The molecule has 1 aliphatic heterocycles. The third-order valence-corrected chi connectivity index (χ3v) is 6.14. The van der Waals surface area contributed by atoms with Gasteiger partial charge in [-0.2, -0.15) is 13.2 Å². The Morgan fingerprint density at radius 2 is 1.97 bits per heavy atom. The van der Waals surface area contributed by atoms with Crippen molar-refractivity contribution in [3.8, 4) is 0 Å². The number of aryl methyl sites for hydroxylation is 1. The molecule has 1 atom stereocenters. The Bertz CT molecular complexity index is 1320. The van der Waals surface area contributed by atoms with Crippen molar-refractivity contribution in [2.75, 3.05) is 18.1 Å². The summed E-state index contributed by atoms with van der Waals surface area (Å²) in [4.78, 5) is 45.3. The number of hydrogen-bond acceptors (Lipinski definition) is 5. The number of imide groups is 1. The van der Waals surface area contributed by atoms with Crippen LogP contribution in [0.15, 0.2) is 42.7 Å². The number of benzene rings is 2. The number of amides is 3. The first kappa shape index (κ1) is 24.5. The highest BCUT2D eigenvalue weighted by molar-refractivity contribution is 6.32. The zero-order valence-electron chi connectivity index (χ0n) is 18.7. The first-order valence-electron chi connectivity index (χ1n) is 10.6. The molecule has 184 valence electrons. The van der Waals surface area contributed by atoms with Crippen molar-refractivity contribution in [1.82, 2.24) is 14.5 Å². The van der Waals surface area contributed by atoms with Crippen LogP contribution in [0.5, 0.6) is 0 Å². The fourth-order valence-electron chi connectivity index (χ4n) is 3.93. The lowest BCUT2D eigenvalue weighted by Crippen LogP contribution is -2.58. The molecule has 3 amide bonds. The molecule has 0 saturated carbocycles. The van der Waals surface area contributed by atoms with Crippen LogP contribution >= 0.6 is 11.6 Å². The molecular weight excluding hydrogens is 489 g/mol. The number of carbonyl (C=O) groups is 3. The van der Waals surface area contributed by atoms with Gasteiger partial charge in [-0.15, -0.1) is 0 Å². The summed E-state index contributed by atoms with van der Waals surface area (Å²) in [6.45, 7) is 0.736. The highest BCUT2D eigenvalue weighted by Crippen LogP contribution is 2.37. The third kappa shape index (κ3) is 4.55. The molecule has 4 rings (SSSR count). The number of aromatic nitrogens is 2. The molecule has 35 heavy (non-hydrogen) atoms. The average molecular weight is 509 g/mol. The lowest BCUT2D eigenvalue weighted by Gasteiger charge is -2.37. The quantitative estimate of drug-likeness (QED) is 0.377. The van der Waals surface area contributed by atoms with Crippen LogP contribution in [0, 0.1) is 5.92 Å². The highest BCUT2D eigenvalue weighted by Gasteiger charge is 2.45. The van der Waals surface area contributed by atoms with Gasteiger partial charge in [0.2, 0.25) is 5.91 Å². The van der Waals surface area contributed by atoms with Crippen molar-refractivity contribution in [2.24, 2.45) is 13.0 Å². The van der Waals surface area contributed by atoms with Crippen molar-refractivity contribution in [3.05, 3.63) is 58.9 Å². The number of nitrogens with zero attached hydrogens (tertiary/aromatic N) is 4. The molecular formula is C23H20ClF3N4O4. The maximum Gasteiger partial charge on any atom is 0.417 e. The second-order valence-corrected chi connectivity index (χ2v) is 8.31. The van der Waals surface area contributed by atoms with E-state index in [1.165, 1.54) is 11.0 Å². The summed E-state index contributed by atoms with van der Waals surface area (Å²) in [6.07, 6.45) is -3.13. The number of hydrogen-bond donors (Lipinski definition) is 0. The van der Waals surface area contributed by atoms with E-state index in [-0.39, 0.29) is 18.7 Å². The molecule has 1 unspecified atom stereocenters. The van der Waals surface area contributed by atoms with Gasteiger partial charge in [0, 0.05) is 12.7 Å². The molecule has 2 heterocycles. The van der Waals surface area contributed by atoms with E-state index in [0.29, 0.717) is 11.2 Å². The maximum atomic E-state index is 13.4. The van der Waals surface area contributed by atoms with Gasteiger partial charge in [-0.05, 0) is 36.8 Å². The minimum Gasteiger partial charge on any atom is -0.465 e. The van der Waals surface area contributed by atoms with Crippen LogP contribution in [-0.2, 0) is 34.1 Å². The summed E-state index contributed by atoms with van der Waals surface area (Å²) in [7, 11) is 1.80. The monoisotopic (exact) mass is 508 g/mol. The summed E-state index contributed by atoms with van der Waals surface area (Å²) in [5.41, 5.74) is 0.558. The van der Waals surface area contributed by atoms with Crippen molar-refractivity contribution >= 4 is 46.2 Å². The lowest BCUT2D eigenvalue weighted by atomic mass is 10.0. The number of imidazole rings is 1. The Balaban J connectivity index is 1.74. The number of ether oxygens (including phenoxy) is 1. The molecule has 12 heteroatoms. The summed E-state index contributed by atoms with van der Waals surface area (Å²) >= 11 is 5.99. The Kier molecular flexibility index (Phi) is 6.46. The van der Waals surface area contributed by atoms with Crippen LogP contribution in [0.25, 0.3) is 11.0 Å². The number of fused-ring (bicyclic) bond motifs is 1. The smallest absolute Gasteiger partial charge is 0.417 e. The van der Waals surface area contributed by atoms with Gasteiger partial charge in [0.15, 0.2) is 5.92 Å². The molecule has 0 radical (unpaired) electrons. The van der Waals surface area contributed by atoms with Crippen molar-refractivity contribution in [3.63, 3.8) is 0 Å². The van der Waals surface area contributed by atoms with Gasteiger partial charge in [0.05, 0.1) is 47.6 Å². The van der Waals surface area contributed by atoms with Crippen molar-refractivity contribution < 1.29 is 32.3 Å². The van der Waals surface area contributed by atoms with Crippen molar-refractivity contribution in [2.45, 2.75) is 19.6 Å². The molecule has 1 fully saturated rings. The van der Waals surface area contributed by atoms with Gasteiger partial charge in [-0.3, -0.25) is 19.4 Å². The second-order valence-electron chi connectivity index (χ2n) is 7.93. The minimum absolute atomic E-state index is 0.00983. The van der Waals surface area contributed by atoms with Gasteiger partial charge in [-0.1, -0.05) is 23.7 Å². The lowest BCUT2D eigenvalue weighted by molar-refractivity contribution is -0.154. The zero-order valence-corrected chi connectivity index (χ0v) is 19.4. The van der Waals surface area contributed by atoms with E-state index < -0.39 is 47.1 Å². The summed E-state index contributed by atoms with van der Waals surface area (Å²) < 4.78 is 46.7. The number of carbonyl (C=O) groups excluding carboxylic acids is 3. The highest BCUT2D eigenvalue weighted by atomic mass is 35.5. The number of rotatable bonds is 5. The maximum absolute atomic E-state index is 13.4. The predicted octanol–water partition coefficient (Wildman–Crippen LogP) is 4.39. The minimum atomic E-state index is -4.72. The number of halogens is 4. The first-order chi connectivity index (χ1) is 16.5. The fraction of sp³-hybridized carbons (Fsp3) is 0.304. The predicted molar refractivity (Wildman–Crippen MR) is 121 cm³/mol. The van der Waals surface area contributed by atoms with Gasteiger partial charge in [-0.25, -0.2) is 9.78 Å². The Morgan fingerprint density at radius 1 is 1.23 bits per heavy atom. The van der Waals surface area contributed by atoms with Crippen LogP contribution in [0.3, 0.4) is 0 Å². The second kappa shape index (κ2) is 9.21. The SMILES string of the molecule is CCOC(=O)C1CN(c2ccc3c(c2)ncn3C)C(=O)N(Cc2cccc(C(F)(F)F)c2Cl)C1=O. The summed E-state index contributed by atoms with van der Waals surface area (Å²) in [5.74, 6) is -3.08. The number of urea groups is 1. The summed E-state index contributed by atoms with van der Waals surface area (Å²) in [6, 6.07) is 7.42. The van der Waals surface area contributed by atoms with Gasteiger partial charge in [0.25, 0.3) is 0 Å². The standard InChI is InChI=1S/C23H20ClF3N4O4/c1-3-35-21(33)15-11-30(14-7-8-18-17(9-14)28-12-29(18)2)22(34)31(20(15)32)10-13-5-4-6-16(19(13)24)23(25,26)27/h4-9,12,15H,3,10-11H2,1-2H3. The van der Waals surface area contributed by atoms with E-state index in [1.54, 1.807) is 43.1 Å². The Labute approximate surface area is 202 Å². The van der Waals surface area contributed by atoms with E-state index in [9.17, 15) is 27.6 Å². The zero-order chi connectivity index (χ0) is 25.5. The van der Waals surface area contributed by atoms with Crippen LogP contribution in [0.1, 0.15) is 18.1 Å². The normalized spacial score (nSPS) is 16.8. The molecule has 0 N–H and O–H groups in total. The molecule has 8 nitrogen and oxygen atoms in total. The number of esters is 1. The van der Waals surface area contributed by atoms with Crippen LogP contribution in [0.4, 0.5) is 23.7 Å². The molecule has 0 spiro atoms. The van der Waals surface area contributed by atoms with Crippen LogP contribution < -0.4 is 4.90 Å².